The third-order valence-electron chi connectivity index (χ3n) is 6.54. The maximum atomic E-state index is 9.88. The van der Waals surface area contributed by atoms with E-state index in [1.165, 1.54) is 0 Å². The minimum Gasteiger partial charge on any atom is -0.394 e. The molecule has 1 N–H and O–H groups in total. The Kier molecular flexibility index (Phi) is 5.90. The number of aliphatic hydroxyl groups excluding tert-OH is 1. The average Bonchev–Trinajstić information content (AvgIpc) is 3.34. The molecule has 1 unspecified atom stereocenters. The minimum atomic E-state index is 0.128. The molecule has 1 atom stereocenters. The fourth-order valence-corrected chi connectivity index (χ4v) is 4.71. The van der Waals surface area contributed by atoms with E-state index in [-0.39, 0.29) is 12.6 Å². The lowest BCUT2D eigenvalue weighted by atomic mass is 10.1. The molecular weight excluding hydrogens is 400 g/mol. The molecule has 2 aliphatic rings. The van der Waals surface area contributed by atoms with Crippen molar-refractivity contribution >= 4 is 17.5 Å². The van der Waals surface area contributed by atoms with Crippen LogP contribution in [-0.2, 0) is 0 Å². The summed E-state index contributed by atoms with van der Waals surface area (Å²) in [7, 11) is 0. The van der Waals surface area contributed by atoms with E-state index in [2.05, 4.69) is 50.9 Å². The van der Waals surface area contributed by atoms with E-state index in [9.17, 15) is 5.11 Å². The van der Waals surface area contributed by atoms with E-state index in [1.54, 1.807) is 0 Å². The van der Waals surface area contributed by atoms with Crippen LogP contribution in [0.15, 0.2) is 54.7 Å². The quantitative estimate of drug-likeness (QED) is 0.667. The van der Waals surface area contributed by atoms with Crippen molar-refractivity contribution in [1.82, 2.24) is 15.0 Å². The molecule has 32 heavy (non-hydrogen) atoms. The van der Waals surface area contributed by atoms with Gasteiger partial charge in [-0.3, -0.25) is 0 Å². The number of rotatable bonds is 5. The molecule has 7 nitrogen and oxygen atoms in total. The van der Waals surface area contributed by atoms with Gasteiger partial charge >= 0.3 is 0 Å². The van der Waals surface area contributed by atoms with E-state index < -0.39 is 0 Å². The molecule has 4 heterocycles. The van der Waals surface area contributed by atoms with Crippen LogP contribution in [0.3, 0.4) is 0 Å². The Bertz CT molecular complexity index is 1050. The normalized spacial score (nSPS) is 18.9. The highest BCUT2D eigenvalue weighted by Crippen LogP contribution is 2.31. The van der Waals surface area contributed by atoms with Gasteiger partial charge in [0.25, 0.3) is 0 Å². The van der Waals surface area contributed by atoms with Crippen molar-refractivity contribution in [1.29, 1.82) is 0 Å². The van der Waals surface area contributed by atoms with E-state index in [0.717, 1.165) is 80.0 Å². The molecule has 0 saturated carbocycles. The zero-order valence-corrected chi connectivity index (χ0v) is 18.6. The molecule has 0 radical (unpaired) electrons. The van der Waals surface area contributed by atoms with E-state index in [4.69, 9.17) is 9.97 Å². The zero-order valence-electron chi connectivity index (χ0n) is 18.6. The Balaban J connectivity index is 1.46. The zero-order chi connectivity index (χ0) is 21.9. The Hall–Kier alpha value is -3.19. The van der Waals surface area contributed by atoms with Gasteiger partial charge in [0.15, 0.2) is 5.82 Å². The fraction of sp³-hybridized carbons (Fsp3) is 0.400. The second kappa shape index (κ2) is 9.12. The Labute approximate surface area is 189 Å². The van der Waals surface area contributed by atoms with Crippen molar-refractivity contribution in [3.05, 3.63) is 60.3 Å². The van der Waals surface area contributed by atoms with Gasteiger partial charge in [-0.1, -0.05) is 30.3 Å². The van der Waals surface area contributed by atoms with Crippen molar-refractivity contribution in [2.75, 3.05) is 54.0 Å². The number of hydrogen-bond acceptors (Lipinski definition) is 7. The first-order valence-corrected chi connectivity index (χ1v) is 11.5. The number of piperazine rings is 1. The molecule has 2 aromatic heterocycles. The monoisotopic (exact) mass is 430 g/mol. The number of pyridine rings is 1. The van der Waals surface area contributed by atoms with Gasteiger partial charge < -0.3 is 19.8 Å². The van der Waals surface area contributed by atoms with Crippen LogP contribution in [0.1, 0.15) is 18.4 Å². The topological polar surface area (TPSA) is 68.6 Å². The summed E-state index contributed by atoms with van der Waals surface area (Å²) in [6.45, 7) is 6.73. The van der Waals surface area contributed by atoms with Crippen LogP contribution in [0.4, 0.5) is 17.5 Å². The number of anilines is 3. The summed E-state index contributed by atoms with van der Waals surface area (Å²) >= 11 is 0. The summed E-state index contributed by atoms with van der Waals surface area (Å²) in [5, 5.41) is 9.88. The summed E-state index contributed by atoms with van der Waals surface area (Å²) in [5.74, 6) is 3.65. The van der Waals surface area contributed by atoms with Gasteiger partial charge in [-0.25, -0.2) is 15.0 Å². The van der Waals surface area contributed by atoms with Gasteiger partial charge in [0.1, 0.15) is 17.5 Å². The Morgan fingerprint density at radius 3 is 2.31 bits per heavy atom. The molecule has 0 spiro atoms. The smallest absolute Gasteiger partial charge is 0.164 e. The fourth-order valence-electron chi connectivity index (χ4n) is 4.71. The lowest BCUT2D eigenvalue weighted by Crippen LogP contribution is -2.47. The van der Waals surface area contributed by atoms with Crippen molar-refractivity contribution < 1.29 is 5.11 Å². The summed E-state index contributed by atoms with van der Waals surface area (Å²) in [6, 6.07) is 16.6. The van der Waals surface area contributed by atoms with Crippen LogP contribution >= 0.6 is 0 Å². The number of benzene rings is 1. The molecule has 2 fully saturated rings. The molecule has 5 rings (SSSR count). The molecular formula is C25H30N6O. The minimum absolute atomic E-state index is 0.128. The lowest BCUT2D eigenvalue weighted by Gasteiger charge is -2.36. The van der Waals surface area contributed by atoms with Gasteiger partial charge in [0, 0.05) is 50.6 Å². The van der Waals surface area contributed by atoms with Crippen molar-refractivity contribution in [3.8, 4) is 11.4 Å². The summed E-state index contributed by atoms with van der Waals surface area (Å²) < 4.78 is 0. The van der Waals surface area contributed by atoms with Gasteiger partial charge in [0.2, 0.25) is 0 Å². The molecule has 3 aromatic rings. The van der Waals surface area contributed by atoms with Crippen LogP contribution < -0.4 is 14.7 Å². The van der Waals surface area contributed by atoms with Crippen LogP contribution in [0, 0.1) is 6.92 Å². The number of hydrogen-bond donors (Lipinski definition) is 1. The van der Waals surface area contributed by atoms with Crippen LogP contribution in [0.2, 0.25) is 0 Å². The van der Waals surface area contributed by atoms with Crippen LogP contribution in [0.5, 0.6) is 0 Å². The van der Waals surface area contributed by atoms with Crippen molar-refractivity contribution in [2.24, 2.45) is 0 Å². The first-order chi connectivity index (χ1) is 15.7. The van der Waals surface area contributed by atoms with Gasteiger partial charge in [-0.05, 0) is 37.5 Å². The third kappa shape index (κ3) is 4.12. The molecule has 0 aliphatic carbocycles. The number of aliphatic hydroxyl groups is 1. The molecule has 2 saturated heterocycles. The van der Waals surface area contributed by atoms with Crippen LogP contribution in [0.25, 0.3) is 11.4 Å². The highest BCUT2D eigenvalue weighted by Gasteiger charge is 2.27. The molecule has 166 valence electrons. The first-order valence-electron chi connectivity index (χ1n) is 11.5. The SMILES string of the molecule is Cc1ccccc1-c1nc(N2CCN(c3ccccn3)CC2)cc(N2CCCC2CO)n1. The van der Waals surface area contributed by atoms with E-state index in [1.807, 2.05) is 30.5 Å². The number of nitrogens with zero attached hydrogens (tertiary/aromatic N) is 6. The summed E-state index contributed by atoms with van der Waals surface area (Å²) in [5.41, 5.74) is 2.22. The second-order valence-electron chi connectivity index (χ2n) is 8.56. The number of aryl methyl sites for hydroxylation is 1. The van der Waals surface area contributed by atoms with Gasteiger partial charge in [-0.2, -0.15) is 0 Å². The highest BCUT2D eigenvalue weighted by molar-refractivity contribution is 5.65. The molecule has 0 bridgehead atoms. The molecule has 1 aromatic carbocycles. The maximum Gasteiger partial charge on any atom is 0.164 e. The molecule has 7 heteroatoms. The first kappa shape index (κ1) is 20.7. The number of aromatic nitrogens is 3. The summed E-state index contributed by atoms with van der Waals surface area (Å²) in [4.78, 5) is 21.4. The van der Waals surface area contributed by atoms with E-state index >= 15 is 0 Å². The predicted molar refractivity (Wildman–Crippen MR) is 128 cm³/mol. The molecule has 0 amide bonds. The standard InChI is InChI=1S/C25H30N6O/c1-19-7-2-3-9-21(19)25-27-23(17-24(28-25)31-12-6-8-20(31)18-32)30-15-13-29(14-16-30)22-10-4-5-11-26-22/h2-5,7,9-11,17,20,32H,6,8,12-16,18H2,1H3. The van der Waals surface area contributed by atoms with Crippen molar-refractivity contribution in [2.45, 2.75) is 25.8 Å². The third-order valence-corrected chi connectivity index (χ3v) is 6.54. The van der Waals surface area contributed by atoms with Crippen LogP contribution in [-0.4, -0.2) is 65.4 Å². The predicted octanol–water partition coefficient (Wildman–Crippen LogP) is 3.13. The Morgan fingerprint density at radius 1 is 0.875 bits per heavy atom. The van der Waals surface area contributed by atoms with E-state index in [0.29, 0.717) is 0 Å². The highest BCUT2D eigenvalue weighted by atomic mass is 16.3. The largest absolute Gasteiger partial charge is 0.394 e. The van der Waals surface area contributed by atoms with Gasteiger partial charge in [-0.15, -0.1) is 0 Å². The summed E-state index contributed by atoms with van der Waals surface area (Å²) in [6.07, 6.45) is 3.92. The maximum absolute atomic E-state index is 9.88. The second-order valence-corrected chi connectivity index (χ2v) is 8.56. The van der Waals surface area contributed by atoms with Crippen molar-refractivity contribution in [3.63, 3.8) is 0 Å². The Morgan fingerprint density at radius 2 is 1.59 bits per heavy atom. The van der Waals surface area contributed by atoms with Gasteiger partial charge in [0.05, 0.1) is 12.6 Å². The molecule has 2 aliphatic heterocycles. The average molecular weight is 431 g/mol. The lowest BCUT2D eigenvalue weighted by molar-refractivity contribution is 0.266.